The first kappa shape index (κ1) is 28.8. The van der Waals surface area contributed by atoms with Crippen molar-refractivity contribution < 1.29 is 5.11 Å². The van der Waals surface area contributed by atoms with Crippen molar-refractivity contribution >= 4 is 17.2 Å². The number of aryl methyl sites for hydroxylation is 2. The summed E-state index contributed by atoms with van der Waals surface area (Å²) >= 11 is 0. The van der Waals surface area contributed by atoms with Crippen LogP contribution in [0.4, 0.5) is 17.2 Å². The molecular weight excluding hydrogens is 562 g/mol. The van der Waals surface area contributed by atoms with Crippen molar-refractivity contribution in [1.82, 2.24) is 9.97 Å². The molecule has 4 nitrogen and oxygen atoms in total. The molecular formula is C42H33N3O. The van der Waals surface area contributed by atoms with Crippen LogP contribution in [0.25, 0.3) is 44.8 Å². The Morgan fingerprint density at radius 3 is 1.74 bits per heavy atom. The zero-order valence-electron chi connectivity index (χ0n) is 25.8. The Bertz CT molecular complexity index is 2100. The van der Waals surface area contributed by atoms with Crippen molar-refractivity contribution in [3.05, 3.63) is 169 Å². The third kappa shape index (κ3) is 5.76. The van der Waals surface area contributed by atoms with Gasteiger partial charge in [0.15, 0.2) is 0 Å². The maximum absolute atomic E-state index is 10.7. The van der Waals surface area contributed by atoms with Gasteiger partial charge < -0.3 is 5.11 Å². The van der Waals surface area contributed by atoms with Gasteiger partial charge in [-0.25, -0.2) is 9.97 Å². The third-order valence-corrected chi connectivity index (χ3v) is 8.21. The second-order valence-corrected chi connectivity index (χ2v) is 11.4. The maximum atomic E-state index is 10.7. The Morgan fingerprint density at radius 2 is 1.09 bits per heavy atom. The van der Waals surface area contributed by atoms with Crippen molar-refractivity contribution in [1.29, 1.82) is 0 Å². The van der Waals surface area contributed by atoms with Gasteiger partial charge in [-0.2, -0.15) is 0 Å². The van der Waals surface area contributed by atoms with Gasteiger partial charge in [-0.1, -0.05) is 91.0 Å². The molecule has 0 saturated carbocycles. The second-order valence-electron chi connectivity index (χ2n) is 11.4. The first-order valence-corrected chi connectivity index (χ1v) is 15.4. The van der Waals surface area contributed by atoms with Gasteiger partial charge in [0.2, 0.25) is 0 Å². The lowest BCUT2D eigenvalue weighted by Crippen LogP contribution is -2.14. The number of anilines is 3. The summed E-state index contributed by atoms with van der Waals surface area (Å²) in [6.07, 6.45) is 1.83. The summed E-state index contributed by atoms with van der Waals surface area (Å²) in [5, 5.41) is 10.7. The number of phenols is 1. The molecule has 0 bridgehead atoms. The number of benzene rings is 5. The van der Waals surface area contributed by atoms with Crippen LogP contribution in [0.2, 0.25) is 0 Å². The highest BCUT2D eigenvalue weighted by Crippen LogP contribution is 2.41. The molecule has 0 aliphatic rings. The smallest absolute Gasteiger partial charge is 0.137 e. The molecule has 4 heteroatoms. The molecule has 0 aliphatic heterocycles. The van der Waals surface area contributed by atoms with Crippen LogP contribution >= 0.6 is 0 Å². The van der Waals surface area contributed by atoms with Crippen LogP contribution in [-0.4, -0.2) is 15.1 Å². The number of hydrogen-bond donors (Lipinski definition) is 1. The largest absolute Gasteiger partial charge is 0.507 e. The van der Waals surface area contributed by atoms with Crippen LogP contribution in [0.5, 0.6) is 5.75 Å². The van der Waals surface area contributed by atoms with E-state index in [1.165, 1.54) is 11.1 Å². The Labute approximate surface area is 269 Å². The molecule has 7 aromatic rings. The van der Waals surface area contributed by atoms with E-state index in [9.17, 15) is 5.11 Å². The van der Waals surface area contributed by atoms with Crippen molar-refractivity contribution in [2.24, 2.45) is 0 Å². The highest BCUT2D eigenvalue weighted by molar-refractivity contribution is 5.84. The minimum Gasteiger partial charge on any atom is -0.507 e. The molecule has 0 spiro atoms. The Kier molecular flexibility index (Phi) is 7.84. The molecule has 1 N–H and O–H groups in total. The summed E-state index contributed by atoms with van der Waals surface area (Å²) in [7, 11) is 0. The molecule has 5 aromatic carbocycles. The van der Waals surface area contributed by atoms with Crippen molar-refractivity contribution in [3.63, 3.8) is 0 Å². The van der Waals surface area contributed by atoms with Gasteiger partial charge in [-0.05, 0) is 108 Å². The van der Waals surface area contributed by atoms with E-state index in [4.69, 9.17) is 9.97 Å². The third-order valence-electron chi connectivity index (χ3n) is 8.21. The fourth-order valence-electron chi connectivity index (χ4n) is 6.08. The van der Waals surface area contributed by atoms with E-state index >= 15 is 0 Å². The van der Waals surface area contributed by atoms with Crippen LogP contribution in [0, 0.1) is 13.8 Å². The van der Waals surface area contributed by atoms with Crippen molar-refractivity contribution in [3.8, 4) is 50.5 Å². The molecule has 0 saturated heterocycles. The topological polar surface area (TPSA) is 49.2 Å². The molecule has 0 amide bonds. The van der Waals surface area contributed by atoms with E-state index in [1.807, 2.05) is 72.9 Å². The number of aromatic hydroxyl groups is 1. The lowest BCUT2D eigenvalue weighted by Gasteiger charge is -2.28. The van der Waals surface area contributed by atoms with Crippen molar-refractivity contribution in [2.75, 3.05) is 4.90 Å². The van der Waals surface area contributed by atoms with E-state index in [0.717, 1.165) is 50.7 Å². The highest BCUT2D eigenvalue weighted by atomic mass is 16.3. The molecule has 0 aliphatic carbocycles. The van der Waals surface area contributed by atoms with Gasteiger partial charge in [0.05, 0.1) is 17.1 Å². The van der Waals surface area contributed by atoms with Crippen LogP contribution in [0.1, 0.15) is 11.1 Å². The average Bonchev–Trinajstić information content (AvgIpc) is 3.11. The Hall–Kier alpha value is -6.00. The molecule has 0 radical (unpaired) electrons. The van der Waals surface area contributed by atoms with Gasteiger partial charge >= 0.3 is 0 Å². The number of para-hydroxylation sites is 1. The van der Waals surface area contributed by atoms with Crippen LogP contribution < -0.4 is 4.90 Å². The molecule has 222 valence electrons. The number of rotatable bonds is 7. The van der Waals surface area contributed by atoms with Crippen LogP contribution in [0.3, 0.4) is 0 Å². The standard InChI is InChI=1S/C42H33N3O/c1-29-24-34(31-14-5-3-6-15-31)25-30(2)42(29)45(41-22-11-12-23-43-41)36-19-13-18-33(26-36)38-27-35(32-16-7-4-8-17-32)28-39(44-38)37-20-9-10-21-40(37)46/h3-28,46H,1-2H3. The number of hydrogen-bond acceptors (Lipinski definition) is 4. The predicted molar refractivity (Wildman–Crippen MR) is 190 cm³/mol. The molecule has 2 heterocycles. The molecule has 0 atom stereocenters. The first-order chi connectivity index (χ1) is 22.5. The lowest BCUT2D eigenvalue weighted by atomic mass is 9.97. The van der Waals surface area contributed by atoms with E-state index in [1.54, 1.807) is 6.07 Å². The molecule has 7 rings (SSSR count). The summed E-state index contributed by atoms with van der Waals surface area (Å²) in [4.78, 5) is 12.1. The monoisotopic (exact) mass is 595 g/mol. The van der Waals surface area contributed by atoms with E-state index in [2.05, 4.69) is 97.6 Å². The summed E-state index contributed by atoms with van der Waals surface area (Å²) < 4.78 is 0. The molecule has 2 aromatic heterocycles. The van der Waals surface area contributed by atoms with Crippen LogP contribution in [-0.2, 0) is 0 Å². The molecule has 46 heavy (non-hydrogen) atoms. The van der Waals surface area contributed by atoms with Gasteiger partial charge in [0, 0.05) is 23.0 Å². The lowest BCUT2D eigenvalue weighted by molar-refractivity contribution is 0.477. The number of pyridine rings is 2. The van der Waals surface area contributed by atoms with E-state index in [-0.39, 0.29) is 5.75 Å². The van der Waals surface area contributed by atoms with Crippen molar-refractivity contribution in [2.45, 2.75) is 13.8 Å². The summed E-state index contributed by atoms with van der Waals surface area (Å²) in [5.41, 5.74) is 12.0. The number of phenolic OH excluding ortho intramolecular Hbond substituents is 1. The summed E-state index contributed by atoms with van der Waals surface area (Å²) in [6, 6.07) is 51.2. The quantitative estimate of drug-likeness (QED) is 0.199. The van der Waals surface area contributed by atoms with Crippen LogP contribution in [0.15, 0.2) is 158 Å². The minimum atomic E-state index is 0.200. The Morgan fingerprint density at radius 1 is 0.500 bits per heavy atom. The zero-order valence-corrected chi connectivity index (χ0v) is 25.8. The first-order valence-electron chi connectivity index (χ1n) is 15.4. The maximum Gasteiger partial charge on any atom is 0.137 e. The predicted octanol–water partition coefficient (Wildman–Crippen LogP) is 10.9. The Balaban J connectivity index is 1.39. The normalized spacial score (nSPS) is 10.9. The number of aromatic nitrogens is 2. The summed E-state index contributed by atoms with van der Waals surface area (Å²) in [5.74, 6) is 1.03. The minimum absolute atomic E-state index is 0.200. The fourth-order valence-corrected chi connectivity index (χ4v) is 6.08. The summed E-state index contributed by atoms with van der Waals surface area (Å²) in [6.45, 7) is 4.33. The van der Waals surface area contributed by atoms with Gasteiger partial charge in [-0.3, -0.25) is 4.90 Å². The zero-order chi connectivity index (χ0) is 31.5. The number of nitrogens with zero attached hydrogens (tertiary/aromatic N) is 3. The molecule has 0 unspecified atom stereocenters. The van der Waals surface area contributed by atoms with E-state index < -0.39 is 0 Å². The van der Waals surface area contributed by atoms with Gasteiger partial charge in [-0.15, -0.1) is 0 Å². The SMILES string of the molecule is Cc1cc(-c2ccccc2)cc(C)c1N(c1cccc(-c2cc(-c3ccccc3)cc(-c3ccccc3O)n2)c1)c1ccccn1. The van der Waals surface area contributed by atoms with E-state index in [0.29, 0.717) is 11.3 Å². The van der Waals surface area contributed by atoms with Gasteiger partial charge in [0.1, 0.15) is 11.6 Å². The second kappa shape index (κ2) is 12.5. The highest BCUT2D eigenvalue weighted by Gasteiger charge is 2.20. The fraction of sp³-hybridized carbons (Fsp3) is 0.0476. The van der Waals surface area contributed by atoms with Gasteiger partial charge in [0.25, 0.3) is 0 Å². The average molecular weight is 596 g/mol. The molecule has 0 fully saturated rings.